The van der Waals surface area contributed by atoms with Crippen molar-refractivity contribution >= 4 is 17.7 Å². The molecule has 2 aromatic rings. The Morgan fingerprint density at radius 1 is 1.24 bits per heavy atom. The second-order valence-corrected chi connectivity index (χ2v) is 9.41. The number of ether oxygens (including phenoxy) is 3. The lowest BCUT2D eigenvalue weighted by Crippen LogP contribution is -2.46. The van der Waals surface area contributed by atoms with Gasteiger partial charge in [-0.05, 0) is 57.2 Å². The molecule has 1 aromatic heterocycles. The lowest BCUT2D eigenvalue weighted by atomic mass is 10.1. The van der Waals surface area contributed by atoms with E-state index < -0.39 is 11.4 Å². The molecule has 3 rings (SSSR count). The topological polar surface area (TPSA) is 88.4 Å². The molecule has 0 unspecified atom stereocenters. The Labute approximate surface area is 175 Å². The maximum absolute atomic E-state index is 12.2. The first kappa shape index (κ1) is 21.7. The lowest BCUT2D eigenvalue weighted by Gasteiger charge is -2.40. The molecule has 0 bridgehead atoms. The second-order valence-electron chi connectivity index (χ2n) is 8.43. The summed E-state index contributed by atoms with van der Waals surface area (Å²) >= 11 is 1.52. The highest BCUT2D eigenvalue weighted by molar-refractivity contribution is 7.99. The van der Waals surface area contributed by atoms with Crippen LogP contribution in [-0.2, 0) is 19.0 Å². The average molecular weight is 421 g/mol. The van der Waals surface area contributed by atoms with Crippen LogP contribution in [0.2, 0.25) is 0 Å². The summed E-state index contributed by atoms with van der Waals surface area (Å²) in [7, 11) is 0. The van der Waals surface area contributed by atoms with Gasteiger partial charge in [0.25, 0.3) is 0 Å². The number of benzene rings is 1. The molecular weight excluding hydrogens is 392 g/mol. The molecule has 8 nitrogen and oxygen atoms in total. The lowest BCUT2D eigenvalue weighted by molar-refractivity contribution is -0.295. The molecule has 0 spiro atoms. The molecule has 29 heavy (non-hydrogen) atoms. The molecular formula is C20H28N4O4S. The standard InChI is InChI=1S/C20H28N4O4S/c1-19(2,3)28-17(25)12-15-11-16(27-20(4,5)26-15)13-29-18-21-22-23-24(18)14-9-7-6-8-10-14/h6-10,15-16H,11-13H2,1-5H3/t15-,16+/m1/s1. The van der Waals surface area contributed by atoms with Crippen molar-refractivity contribution in [3.63, 3.8) is 0 Å². The zero-order valence-electron chi connectivity index (χ0n) is 17.5. The molecule has 0 N–H and O–H groups in total. The molecule has 158 valence electrons. The van der Waals surface area contributed by atoms with Crippen LogP contribution in [-0.4, -0.2) is 55.5 Å². The highest BCUT2D eigenvalue weighted by Gasteiger charge is 2.37. The first-order valence-corrected chi connectivity index (χ1v) is 10.6. The summed E-state index contributed by atoms with van der Waals surface area (Å²) in [5.74, 6) is -0.397. The SMILES string of the molecule is CC(C)(C)OC(=O)C[C@H]1C[C@@H](CSc2nnnn2-c2ccccc2)OC(C)(C)O1. The summed E-state index contributed by atoms with van der Waals surface area (Å²) in [5.41, 5.74) is 0.387. The third-order valence-corrected chi connectivity index (χ3v) is 5.13. The summed E-state index contributed by atoms with van der Waals surface area (Å²) in [6.45, 7) is 9.29. The Hall–Kier alpha value is -1.97. The molecule has 1 saturated heterocycles. The van der Waals surface area contributed by atoms with E-state index in [1.165, 1.54) is 11.8 Å². The monoisotopic (exact) mass is 420 g/mol. The number of aromatic nitrogens is 4. The largest absolute Gasteiger partial charge is 0.460 e. The third kappa shape index (κ3) is 6.52. The van der Waals surface area contributed by atoms with Crippen molar-refractivity contribution < 1.29 is 19.0 Å². The molecule has 1 fully saturated rings. The van der Waals surface area contributed by atoms with Gasteiger partial charge in [0.15, 0.2) is 5.79 Å². The van der Waals surface area contributed by atoms with Crippen LogP contribution in [0.5, 0.6) is 0 Å². The van der Waals surface area contributed by atoms with Gasteiger partial charge in [0.1, 0.15) is 5.60 Å². The van der Waals surface area contributed by atoms with E-state index in [0.29, 0.717) is 17.3 Å². The number of rotatable bonds is 6. The third-order valence-electron chi connectivity index (χ3n) is 4.08. The molecule has 0 radical (unpaired) electrons. The van der Waals surface area contributed by atoms with Crippen molar-refractivity contribution in [2.45, 2.75) is 76.2 Å². The van der Waals surface area contributed by atoms with Gasteiger partial charge in [0.05, 0.1) is 24.3 Å². The summed E-state index contributed by atoms with van der Waals surface area (Å²) in [6, 6.07) is 9.73. The van der Waals surface area contributed by atoms with Gasteiger partial charge in [-0.25, -0.2) is 0 Å². The first-order chi connectivity index (χ1) is 13.6. The van der Waals surface area contributed by atoms with Gasteiger partial charge in [-0.2, -0.15) is 4.68 Å². The number of hydrogen-bond donors (Lipinski definition) is 0. The quantitative estimate of drug-likeness (QED) is 0.519. The summed E-state index contributed by atoms with van der Waals surface area (Å²) in [5, 5.41) is 12.7. The van der Waals surface area contributed by atoms with Gasteiger partial charge in [-0.3, -0.25) is 4.79 Å². The van der Waals surface area contributed by atoms with Crippen molar-refractivity contribution in [2.24, 2.45) is 0 Å². The van der Waals surface area contributed by atoms with Crippen LogP contribution in [0.1, 0.15) is 47.5 Å². The molecule has 0 saturated carbocycles. The Bertz CT molecular complexity index is 819. The fraction of sp³-hybridized carbons (Fsp3) is 0.600. The normalized spacial score (nSPS) is 21.7. The van der Waals surface area contributed by atoms with E-state index in [1.54, 1.807) is 4.68 Å². The van der Waals surface area contributed by atoms with E-state index in [1.807, 2.05) is 65.0 Å². The van der Waals surface area contributed by atoms with E-state index in [2.05, 4.69) is 15.5 Å². The molecule has 1 aromatic carbocycles. The molecule has 1 aliphatic heterocycles. The Balaban J connectivity index is 1.61. The number of tetrazole rings is 1. The van der Waals surface area contributed by atoms with Crippen molar-refractivity contribution in [1.29, 1.82) is 0 Å². The van der Waals surface area contributed by atoms with Crippen LogP contribution in [0.4, 0.5) is 0 Å². The smallest absolute Gasteiger partial charge is 0.308 e. The van der Waals surface area contributed by atoms with E-state index in [0.717, 1.165) is 5.69 Å². The molecule has 1 aliphatic rings. The molecule has 2 atom stereocenters. The number of esters is 1. The maximum Gasteiger partial charge on any atom is 0.308 e. The van der Waals surface area contributed by atoms with Crippen molar-refractivity contribution in [2.75, 3.05) is 5.75 Å². The highest BCUT2D eigenvalue weighted by Crippen LogP contribution is 2.32. The fourth-order valence-corrected chi connectivity index (χ4v) is 4.08. The number of carbonyl (C=O) groups is 1. The van der Waals surface area contributed by atoms with Crippen LogP contribution in [0, 0.1) is 0 Å². The number of carbonyl (C=O) groups excluding carboxylic acids is 1. The Morgan fingerprint density at radius 2 is 1.93 bits per heavy atom. The van der Waals surface area contributed by atoms with Crippen LogP contribution >= 0.6 is 11.8 Å². The molecule has 9 heteroatoms. The summed E-state index contributed by atoms with van der Waals surface area (Å²) < 4.78 is 19.1. The number of thioether (sulfide) groups is 1. The second kappa shape index (κ2) is 8.81. The van der Waals surface area contributed by atoms with Gasteiger partial charge in [-0.15, -0.1) is 5.10 Å². The van der Waals surface area contributed by atoms with Crippen LogP contribution < -0.4 is 0 Å². The molecule has 0 amide bonds. The predicted molar refractivity (Wildman–Crippen MR) is 109 cm³/mol. The number of nitrogens with zero attached hydrogens (tertiary/aromatic N) is 4. The minimum Gasteiger partial charge on any atom is -0.460 e. The first-order valence-electron chi connectivity index (χ1n) is 9.65. The maximum atomic E-state index is 12.2. The summed E-state index contributed by atoms with van der Waals surface area (Å²) in [6.07, 6.45) is 0.441. The predicted octanol–water partition coefficient (Wildman–Crippen LogP) is 3.40. The minimum absolute atomic E-state index is 0.0999. The number of hydrogen-bond acceptors (Lipinski definition) is 8. The van der Waals surface area contributed by atoms with Gasteiger partial charge < -0.3 is 14.2 Å². The van der Waals surface area contributed by atoms with Crippen molar-refractivity contribution in [3.05, 3.63) is 30.3 Å². The minimum atomic E-state index is -0.776. The van der Waals surface area contributed by atoms with Crippen LogP contribution in [0.3, 0.4) is 0 Å². The van der Waals surface area contributed by atoms with Gasteiger partial charge in [-0.1, -0.05) is 30.0 Å². The Morgan fingerprint density at radius 3 is 2.62 bits per heavy atom. The number of para-hydroxylation sites is 1. The Kier molecular flexibility index (Phi) is 6.60. The molecule has 0 aliphatic carbocycles. The van der Waals surface area contributed by atoms with E-state index in [4.69, 9.17) is 14.2 Å². The fourth-order valence-electron chi connectivity index (χ4n) is 3.18. The van der Waals surface area contributed by atoms with Crippen molar-refractivity contribution in [1.82, 2.24) is 20.2 Å². The zero-order chi connectivity index (χ0) is 21.1. The van der Waals surface area contributed by atoms with E-state index >= 15 is 0 Å². The van der Waals surface area contributed by atoms with Gasteiger partial charge >= 0.3 is 5.97 Å². The average Bonchev–Trinajstić information content (AvgIpc) is 3.06. The highest BCUT2D eigenvalue weighted by atomic mass is 32.2. The van der Waals surface area contributed by atoms with Crippen LogP contribution in [0.15, 0.2) is 35.5 Å². The van der Waals surface area contributed by atoms with E-state index in [-0.39, 0.29) is 24.6 Å². The van der Waals surface area contributed by atoms with Gasteiger partial charge in [0.2, 0.25) is 5.16 Å². The zero-order valence-corrected chi connectivity index (χ0v) is 18.3. The van der Waals surface area contributed by atoms with E-state index in [9.17, 15) is 4.79 Å². The van der Waals surface area contributed by atoms with Crippen LogP contribution in [0.25, 0.3) is 5.69 Å². The van der Waals surface area contributed by atoms with Crippen molar-refractivity contribution in [3.8, 4) is 5.69 Å². The summed E-state index contributed by atoms with van der Waals surface area (Å²) in [4.78, 5) is 12.2. The van der Waals surface area contributed by atoms with Gasteiger partial charge in [0, 0.05) is 12.2 Å². The molecule has 2 heterocycles.